The van der Waals surface area contributed by atoms with Crippen LogP contribution < -0.4 is 0 Å². The van der Waals surface area contributed by atoms with Crippen molar-refractivity contribution >= 4 is 49.9 Å². The van der Waals surface area contributed by atoms with Gasteiger partial charge in [-0.05, 0) is 97.8 Å². The number of ether oxygens (including phenoxy) is 4. The number of benzene rings is 2. The SMILES string of the molecule is COC(=O)c1ccc2cc(-c3n[nH]c4c3CCC(C)(C)C4)[nH]c2c1.COC(=O)c1ccc2cc(-c3nn(COCC[Si](C)(C)C)c4c3CCC(C)(C)C4)n(COCC[Si](C)(C)C)c2c1. The van der Waals surface area contributed by atoms with Crippen LogP contribution in [0.15, 0.2) is 48.5 Å². The minimum absolute atomic E-state index is 0.225. The second-order valence-electron chi connectivity index (χ2n) is 21.9. The molecule has 0 fully saturated rings. The number of methoxy groups -OCH3 is 2. The van der Waals surface area contributed by atoms with Crippen molar-refractivity contribution in [1.29, 1.82) is 0 Å². The average molecular weight is 907 g/mol. The molecule has 0 amide bonds. The highest BCUT2D eigenvalue weighted by molar-refractivity contribution is 6.76. The van der Waals surface area contributed by atoms with Gasteiger partial charge in [0.1, 0.15) is 24.8 Å². The van der Waals surface area contributed by atoms with Crippen LogP contribution in [-0.4, -0.2) is 85.0 Å². The van der Waals surface area contributed by atoms with Crippen LogP contribution in [0.1, 0.15) is 83.8 Å². The second kappa shape index (κ2) is 18.6. The van der Waals surface area contributed by atoms with Gasteiger partial charge < -0.3 is 28.5 Å². The Morgan fingerprint density at radius 2 is 1.31 bits per heavy atom. The Kier molecular flexibility index (Phi) is 13.7. The van der Waals surface area contributed by atoms with E-state index in [-0.39, 0.29) is 17.4 Å². The van der Waals surface area contributed by atoms with Gasteiger partial charge in [-0.25, -0.2) is 14.3 Å². The van der Waals surface area contributed by atoms with Gasteiger partial charge in [-0.1, -0.05) is 79.1 Å². The van der Waals surface area contributed by atoms with Crippen molar-refractivity contribution in [3.8, 4) is 22.8 Å². The molecule has 6 aromatic rings. The fourth-order valence-corrected chi connectivity index (χ4v) is 10.3. The number of H-pyrrole nitrogens is 2. The van der Waals surface area contributed by atoms with E-state index in [1.807, 2.05) is 30.3 Å². The molecule has 2 aromatic carbocycles. The molecule has 8 rings (SSSR count). The van der Waals surface area contributed by atoms with E-state index in [4.69, 9.17) is 24.0 Å². The van der Waals surface area contributed by atoms with Crippen LogP contribution in [0.4, 0.5) is 0 Å². The minimum Gasteiger partial charge on any atom is -0.465 e. The Balaban J connectivity index is 0.000000216. The molecule has 4 aromatic heterocycles. The first kappa shape index (κ1) is 47.2. The molecule has 0 saturated heterocycles. The van der Waals surface area contributed by atoms with Gasteiger partial charge in [-0.2, -0.15) is 10.2 Å². The van der Waals surface area contributed by atoms with E-state index in [0.717, 1.165) is 102 Å². The van der Waals surface area contributed by atoms with Crippen LogP contribution >= 0.6 is 0 Å². The van der Waals surface area contributed by atoms with Crippen LogP contribution in [-0.2, 0) is 58.1 Å². The lowest BCUT2D eigenvalue weighted by molar-refractivity contribution is 0.0592. The number of nitrogens with one attached hydrogen (secondary N) is 2. The van der Waals surface area contributed by atoms with Crippen LogP contribution in [0.2, 0.25) is 51.4 Å². The van der Waals surface area contributed by atoms with Gasteiger partial charge in [-0.15, -0.1) is 0 Å². The maximum Gasteiger partial charge on any atom is 0.337 e. The van der Waals surface area contributed by atoms with Gasteiger partial charge >= 0.3 is 11.9 Å². The van der Waals surface area contributed by atoms with Gasteiger partial charge in [0.15, 0.2) is 0 Å². The van der Waals surface area contributed by atoms with Crippen LogP contribution in [0.5, 0.6) is 0 Å². The van der Waals surface area contributed by atoms with E-state index in [9.17, 15) is 9.59 Å². The Labute approximate surface area is 380 Å². The lowest BCUT2D eigenvalue weighted by atomic mass is 9.76. The highest BCUT2D eigenvalue weighted by Crippen LogP contribution is 2.41. The summed E-state index contributed by atoms with van der Waals surface area (Å²) >= 11 is 0. The lowest BCUT2D eigenvalue weighted by Crippen LogP contribution is -2.25. The highest BCUT2D eigenvalue weighted by Gasteiger charge is 2.33. The topological polar surface area (TPSA) is 138 Å². The maximum absolute atomic E-state index is 12.4. The third kappa shape index (κ3) is 11.0. The number of aromatic amines is 2. The monoisotopic (exact) mass is 906 g/mol. The van der Waals surface area contributed by atoms with Gasteiger partial charge in [0, 0.05) is 68.2 Å². The van der Waals surface area contributed by atoms with E-state index in [0.29, 0.717) is 30.0 Å². The maximum atomic E-state index is 12.4. The number of carbonyl (C=O) groups excluding carboxylic acids is 2. The first-order valence-electron chi connectivity index (χ1n) is 22.9. The summed E-state index contributed by atoms with van der Waals surface area (Å²) in [5, 5.41) is 15.1. The van der Waals surface area contributed by atoms with Crippen molar-refractivity contribution in [3.63, 3.8) is 0 Å². The second-order valence-corrected chi connectivity index (χ2v) is 33.1. The third-order valence-corrected chi connectivity index (χ3v) is 16.2. The number of rotatable bonds is 14. The normalized spacial score (nSPS) is 15.7. The molecule has 0 spiro atoms. The van der Waals surface area contributed by atoms with E-state index in [2.05, 4.69) is 104 Å². The zero-order chi connectivity index (χ0) is 46.2. The van der Waals surface area contributed by atoms with Gasteiger partial charge in [0.25, 0.3) is 0 Å². The van der Waals surface area contributed by atoms with E-state index >= 15 is 0 Å². The van der Waals surface area contributed by atoms with Crippen LogP contribution in [0.25, 0.3) is 44.6 Å². The zero-order valence-electron chi connectivity index (χ0n) is 40.3. The molecule has 2 aliphatic rings. The average Bonchev–Trinajstić information content (AvgIpc) is 4.01. The molecule has 0 aliphatic heterocycles. The van der Waals surface area contributed by atoms with Crippen molar-refractivity contribution in [3.05, 3.63) is 82.2 Å². The number of hydrogen-bond donors (Lipinski definition) is 2. The minimum atomic E-state index is -1.22. The molecular weight excluding hydrogens is 837 g/mol. The molecular formula is C50H70N6O6Si2. The Bertz CT molecular complexity index is 2640. The van der Waals surface area contributed by atoms with Crippen molar-refractivity contribution in [1.82, 2.24) is 29.5 Å². The predicted octanol–water partition coefficient (Wildman–Crippen LogP) is 11.3. The number of hydrogen-bond acceptors (Lipinski definition) is 8. The number of esters is 2. The highest BCUT2D eigenvalue weighted by atomic mass is 28.3. The van der Waals surface area contributed by atoms with E-state index in [1.165, 1.54) is 43.2 Å². The molecule has 0 radical (unpaired) electrons. The quantitative estimate of drug-likeness (QED) is 0.0626. The van der Waals surface area contributed by atoms with Crippen molar-refractivity contribution in [2.45, 2.75) is 131 Å². The van der Waals surface area contributed by atoms with Gasteiger partial charge in [0.2, 0.25) is 0 Å². The Hall–Kier alpha value is -4.77. The lowest BCUT2D eigenvalue weighted by Gasteiger charge is -2.30. The largest absolute Gasteiger partial charge is 0.465 e. The summed E-state index contributed by atoms with van der Waals surface area (Å²) in [6.45, 7) is 25.9. The molecule has 4 heterocycles. The molecule has 2 aliphatic carbocycles. The summed E-state index contributed by atoms with van der Waals surface area (Å²) in [6.07, 6.45) is 6.32. The van der Waals surface area contributed by atoms with E-state index < -0.39 is 16.1 Å². The molecule has 64 heavy (non-hydrogen) atoms. The summed E-state index contributed by atoms with van der Waals surface area (Å²) < 4.78 is 26.6. The molecule has 2 N–H and O–H groups in total. The first-order chi connectivity index (χ1) is 30.1. The number of nitrogens with zero attached hydrogens (tertiary/aromatic N) is 4. The van der Waals surface area contributed by atoms with Gasteiger partial charge in [0.05, 0.1) is 42.3 Å². The summed E-state index contributed by atoms with van der Waals surface area (Å²) in [5.41, 5.74) is 12.7. The third-order valence-electron chi connectivity index (χ3n) is 12.8. The van der Waals surface area contributed by atoms with Crippen LogP contribution in [0.3, 0.4) is 0 Å². The van der Waals surface area contributed by atoms with Crippen molar-refractivity contribution in [2.75, 3.05) is 27.4 Å². The fraction of sp³-hybridized carbons (Fsp3) is 0.520. The molecule has 0 unspecified atom stereocenters. The standard InChI is InChI=1S/C31H49N3O4Si2.C19H21N3O2/c1-31(2)13-12-25-28(20-31)34(22-38-15-17-40(7,8)9)32-29(25)27-18-23-10-11-24(30(35)36-3)19-26(23)33(27)21-37-14-16-39(4,5)6;1-19(2)7-6-13-16(10-19)21-22-17(13)15-8-11-4-5-12(18(23)24-3)9-14(11)20-15/h10-11,18-19H,12-17,20-22H2,1-9H3;4-5,8-9,20H,6-7,10H2,1-3H3,(H,21,22). The molecule has 344 valence electrons. The summed E-state index contributed by atoms with van der Waals surface area (Å²) in [7, 11) is 0.426. The smallest absolute Gasteiger partial charge is 0.337 e. The molecule has 0 saturated carbocycles. The van der Waals surface area contributed by atoms with Crippen molar-refractivity contribution in [2.24, 2.45) is 10.8 Å². The molecule has 14 heteroatoms. The number of aromatic nitrogens is 6. The molecule has 0 atom stereocenters. The first-order valence-corrected chi connectivity index (χ1v) is 30.3. The zero-order valence-corrected chi connectivity index (χ0v) is 42.3. The number of carbonyl (C=O) groups is 2. The Morgan fingerprint density at radius 3 is 1.95 bits per heavy atom. The van der Waals surface area contributed by atoms with Crippen molar-refractivity contribution < 1.29 is 28.5 Å². The van der Waals surface area contributed by atoms with E-state index in [1.54, 1.807) is 6.07 Å². The molecule has 0 bridgehead atoms. The summed E-state index contributed by atoms with van der Waals surface area (Å²) in [5.74, 6) is -0.664. The fourth-order valence-electron chi connectivity index (χ4n) is 8.78. The molecule has 12 nitrogen and oxygen atoms in total. The van der Waals surface area contributed by atoms with Gasteiger partial charge in [-0.3, -0.25) is 5.10 Å². The Morgan fingerprint density at radius 1 is 0.719 bits per heavy atom. The number of fused-ring (bicyclic) bond motifs is 4. The predicted molar refractivity (Wildman–Crippen MR) is 262 cm³/mol. The van der Waals surface area contributed by atoms with Crippen LogP contribution in [0, 0.1) is 10.8 Å². The summed E-state index contributed by atoms with van der Waals surface area (Å²) in [4.78, 5) is 27.5. The summed E-state index contributed by atoms with van der Waals surface area (Å²) in [6, 6.07) is 17.8.